The van der Waals surface area contributed by atoms with Gasteiger partial charge in [0.2, 0.25) is 0 Å². The summed E-state index contributed by atoms with van der Waals surface area (Å²) in [5, 5.41) is 7.36. The fourth-order valence-corrected chi connectivity index (χ4v) is 1.97. The lowest BCUT2D eigenvalue weighted by molar-refractivity contribution is 0.105. The zero-order valence-electron chi connectivity index (χ0n) is 9.13. The van der Waals surface area contributed by atoms with Gasteiger partial charge in [0.15, 0.2) is 5.76 Å². The van der Waals surface area contributed by atoms with Crippen molar-refractivity contribution in [3.8, 4) is 0 Å². The Hall–Kier alpha value is -0.830. The molecule has 2 rings (SSSR count). The summed E-state index contributed by atoms with van der Waals surface area (Å²) in [5.41, 5.74) is 1.41. The summed E-state index contributed by atoms with van der Waals surface area (Å²) >= 11 is 0. The molecule has 78 valence electrons. The molecule has 0 bridgehead atoms. The van der Waals surface area contributed by atoms with Crippen LogP contribution in [-0.2, 0) is 6.54 Å². The van der Waals surface area contributed by atoms with Crippen LogP contribution >= 0.6 is 0 Å². The molecule has 1 saturated carbocycles. The molecule has 1 fully saturated rings. The zero-order chi connectivity index (χ0) is 10.2. The molecule has 0 aliphatic heterocycles. The van der Waals surface area contributed by atoms with Gasteiger partial charge in [0.1, 0.15) is 0 Å². The molecule has 1 aliphatic carbocycles. The second-order valence-corrected chi connectivity index (χ2v) is 4.90. The summed E-state index contributed by atoms with van der Waals surface area (Å²) in [4.78, 5) is 0. The summed E-state index contributed by atoms with van der Waals surface area (Å²) in [6.45, 7) is 7.36. The van der Waals surface area contributed by atoms with Crippen molar-refractivity contribution < 1.29 is 4.52 Å². The van der Waals surface area contributed by atoms with Gasteiger partial charge < -0.3 is 9.84 Å². The Bertz CT molecular complexity index is 317. The van der Waals surface area contributed by atoms with E-state index in [9.17, 15) is 0 Å². The Morgan fingerprint density at radius 2 is 2.43 bits per heavy atom. The maximum absolute atomic E-state index is 5.14. The van der Waals surface area contributed by atoms with Crippen molar-refractivity contribution in [2.75, 3.05) is 0 Å². The largest absolute Gasteiger partial charge is 0.360 e. The molecular formula is C11H18N2O. The Kier molecular flexibility index (Phi) is 2.35. The van der Waals surface area contributed by atoms with Crippen LogP contribution in [0.4, 0.5) is 0 Å². The fourth-order valence-electron chi connectivity index (χ4n) is 1.97. The topological polar surface area (TPSA) is 38.1 Å². The highest BCUT2D eigenvalue weighted by Gasteiger charge is 2.37. The third-order valence-electron chi connectivity index (χ3n) is 3.22. The number of nitrogens with zero attached hydrogens (tertiary/aromatic N) is 1. The normalized spacial score (nSPS) is 24.6. The van der Waals surface area contributed by atoms with Crippen molar-refractivity contribution in [1.29, 1.82) is 0 Å². The predicted octanol–water partition coefficient (Wildman–Crippen LogP) is 2.26. The minimum absolute atomic E-state index is 0.453. The lowest BCUT2D eigenvalue weighted by Crippen LogP contribution is -2.49. The monoisotopic (exact) mass is 194 g/mol. The van der Waals surface area contributed by atoms with Crippen LogP contribution in [0.1, 0.15) is 38.1 Å². The number of aryl methyl sites for hydroxylation is 1. The average Bonchev–Trinajstić information content (AvgIpc) is 2.50. The maximum Gasteiger partial charge on any atom is 0.150 e. The average molecular weight is 194 g/mol. The van der Waals surface area contributed by atoms with Crippen LogP contribution in [0.25, 0.3) is 0 Å². The Balaban J connectivity index is 1.83. The molecule has 1 N–H and O–H groups in total. The highest BCUT2D eigenvalue weighted by molar-refractivity contribution is 5.04. The number of aromatic nitrogens is 1. The van der Waals surface area contributed by atoms with Crippen molar-refractivity contribution in [3.05, 3.63) is 17.5 Å². The summed E-state index contributed by atoms with van der Waals surface area (Å²) in [7, 11) is 0. The maximum atomic E-state index is 5.14. The highest BCUT2D eigenvalue weighted by atomic mass is 16.5. The smallest absolute Gasteiger partial charge is 0.150 e. The van der Waals surface area contributed by atoms with E-state index in [2.05, 4.69) is 24.3 Å². The minimum Gasteiger partial charge on any atom is -0.360 e. The van der Waals surface area contributed by atoms with Crippen molar-refractivity contribution in [1.82, 2.24) is 10.5 Å². The molecule has 14 heavy (non-hydrogen) atoms. The zero-order valence-corrected chi connectivity index (χ0v) is 9.13. The van der Waals surface area contributed by atoms with E-state index in [0.29, 0.717) is 11.5 Å². The molecule has 1 aliphatic rings. The molecule has 3 heteroatoms. The molecule has 0 spiro atoms. The predicted molar refractivity (Wildman–Crippen MR) is 54.9 cm³/mol. The SMILES string of the molecule is Cc1cc(CNC2CCC2(C)C)on1. The number of rotatable bonds is 3. The molecule has 1 aromatic heterocycles. The van der Waals surface area contributed by atoms with E-state index in [1.54, 1.807) is 0 Å². The third kappa shape index (κ3) is 1.82. The first-order valence-corrected chi connectivity index (χ1v) is 5.23. The van der Waals surface area contributed by atoms with Crippen molar-refractivity contribution in [2.45, 2.75) is 46.2 Å². The van der Waals surface area contributed by atoms with Gasteiger partial charge in [-0.1, -0.05) is 19.0 Å². The van der Waals surface area contributed by atoms with Gasteiger partial charge in [0.25, 0.3) is 0 Å². The second-order valence-electron chi connectivity index (χ2n) is 4.90. The minimum atomic E-state index is 0.453. The molecular weight excluding hydrogens is 176 g/mol. The van der Waals surface area contributed by atoms with Crippen LogP contribution in [0.5, 0.6) is 0 Å². The van der Waals surface area contributed by atoms with Gasteiger partial charge in [-0.15, -0.1) is 0 Å². The van der Waals surface area contributed by atoms with E-state index in [1.165, 1.54) is 12.8 Å². The van der Waals surface area contributed by atoms with Crippen LogP contribution < -0.4 is 5.32 Å². The van der Waals surface area contributed by atoms with Crippen LogP contribution in [0.2, 0.25) is 0 Å². The molecule has 3 nitrogen and oxygen atoms in total. The van der Waals surface area contributed by atoms with E-state index >= 15 is 0 Å². The third-order valence-corrected chi connectivity index (χ3v) is 3.22. The van der Waals surface area contributed by atoms with Gasteiger partial charge in [0, 0.05) is 12.1 Å². The summed E-state index contributed by atoms with van der Waals surface area (Å²) in [6.07, 6.45) is 2.60. The Labute approximate surface area is 84.9 Å². The molecule has 0 aromatic carbocycles. The van der Waals surface area contributed by atoms with Crippen LogP contribution in [0.3, 0.4) is 0 Å². The number of nitrogens with one attached hydrogen (secondary N) is 1. The van der Waals surface area contributed by atoms with Crippen LogP contribution in [-0.4, -0.2) is 11.2 Å². The molecule has 1 heterocycles. The second kappa shape index (κ2) is 3.39. The van der Waals surface area contributed by atoms with Crippen molar-refractivity contribution in [2.24, 2.45) is 5.41 Å². The van der Waals surface area contributed by atoms with Gasteiger partial charge in [-0.05, 0) is 25.2 Å². The fraction of sp³-hybridized carbons (Fsp3) is 0.727. The number of hydrogen-bond donors (Lipinski definition) is 1. The molecule has 1 aromatic rings. The van der Waals surface area contributed by atoms with Gasteiger partial charge in [-0.25, -0.2) is 0 Å². The Morgan fingerprint density at radius 1 is 1.64 bits per heavy atom. The first kappa shape index (κ1) is 9.71. The molecule has 0 saturated heterocycles. The van der Waals surface area contributed by atoms with Crippen molar-refractivity contribution >= 4 is 0 Å². The standard InChI is InChI=1S/C11H18N2O/c1-8-6-9(14-13-8)7-12-10-4-5-11(10,2)3/h6,10,12H,4-5,7H2,1-3H3. The summed E-state index contributed by atoms with van der Waals surface area (Å²) in [5.74, 6) is 0.935. The molecule has 0 amide bonds. The quantitative estimate of drug-likeness (QED) is 0.802. The van der Waals surface area contributed by atoms with Gasteiger partial charge in [-0.3, -0.25) is 0 Å². The molecule has 0 radical (unpaired) electrons. The lowest BCUT2D eigenvalue weighted by atomic mass is 9.67. The Morgan fingerprint density at radius 3 is 2.86 bits per heavy atom. The summed E-state index contributed by atoms with van der Waals surface area (Å²) < 4.78 is 5.14. The van der Waals surface area contributed by atoms with E-state index in [4.69, 9.17) is 4.52 Å². The van der Waals surface area contributed by atoms with Gasteiger partial charge in [0.05, 0.1) is 12.2 Å². The van der Waals surface area contributed by atoms with E-state index < -0.39 is 0 Å². The number of hydrogen-bond acceptors (Lipinski definition) is 3. The van der Waals surface area contributed by atoms with E-state index in [0.717, 1.165) is 18.0 Å². The van der Waals surface area contributed by atoms with Crippen LogP contribution in [0, 0.1) is 12.3 Å². The van der Waals surface area contributed by atoms with E-state index in [-0.39, 0.29) is 0 Å². The molecule has 1 atom stereocenters. The van der Waals surface area contributed by atoms with Crippen molar-refractivity contribution in [3.63, 3.8) is 0 Å². The first-order valence-electron chi connectivity index (χ1n) is 5.23. The van der Waals surface area contributed by atoms with E-state index in [1.807, 2.05) is 13.0 Å². The molecule has 1 unspecified atom stereocenters. The van der Waals surface area contributed by atoms with Crippen LogP contribution in [0.15, 0.2) is 10.6 Å². The van der Waals surface area contributed by atoms with Gasteiger partial charge >= 0.3 is 0 Å². The summed E-state index contributed by atoms with van der Waals surface area (Å²) in [6, 6.07) is 2.62. The lowest BCUT2D eigenvalue weighted by Gasteiger charge is -2.45. The first-order chi connectivity index (χ1) is 6.58. The highest BCUT2D eigenvalue weighted by Crippen LogP contribution is 2.39. The van der Waals surface area contributed by atoms with Gasteiger partial charge in [-0.2, -0.15) is 0 Å².